The van der Waals surface area contributed by atoms with Crippen molar-refractivity contribution >= 4 is 21.7 Å². The van der Waals surface area contributed by atoms with Crippen molar-refractivity contribution in [2.45, 2.75) is 26.2 Å². The molecule has 1 fully saturated rings. The van der Waals surface area contributed by atoms with Crippen LogP contribution in [0, 0.1) is 6.92 Å². The number of piperidine rings is 1. The highest BCUT2D eigenvalue weighted by Crippen LogP contribution is 2.17. The van der Waals surface area contributed by atoms with Crippen LogP contribution in [-0.4, -0.2) is 36.1 Å². The van der Waals surface area contributed by atoms with Gasteiger partial charge in [0.2, 0.25) is 0 Å². The molecule has 0 radical (unpaired) electrons. The van der Waals surface area contributed by atoms with E-state index in [0.29, 0.717) is 0 Å². The Balaban J connectivity index is 1.75. The van der Waals surface area contributed by atoms with E-state index in [1.165, 1.54) is 37.9 Å². The minimum atomic E-state index is 0.975. The number of anilines is 1. The summed E-state index contributed by atoms with van der Waals surface area (Å²) in [6, 6.07) is 2.08. The predicted molar refractivity (Wildman–Crippen MR) is 75.5 cm³/mol. The van der Waals surface area contributed by atoms with Gasteiger partial charge in [-0.05, 0) is 60.4 Å². The van der Waals surface area contributed by atoms with Crippen molar-refractivity contribution in [3.05, 3.63) is 22.3 Å². The van der Waals surface area contributed by atoms with Gasteiger partial charge in [-0.15, -0.1) is 0 Å². The minimum absolute atomic E-state index is 0.975. The SMILES string of the molecule is Cc1cc(NCCN2CCCCC2)ncc1Br. The van der Waals surface area contributed by atoms with Crippen molar-refractivity contribution in [3.8, 4) is 0 Å². The lowest BCUT2D eigenvalue weighted by Gasteiger charge is -2.26. The van der Waals surface area contributed by atoms with E-state index in [2.05, 4.69) is 44.1 Å². The van der Waals surface area contributed by atoms with Crippen molar-refractivity contribution in [2.75, 3.05) is 31.5 Å². The maximum absolute atomic E-state index is 4.35. The summed E-state index contributed by atoms with van der Waals surface area (Å²) in [5.74, 6) is 0.975. The van der Waals surface area contributed by atoms with Crippen molar-refractivity contribution < 1.29 is 0 Å². The van der Waals surface area contributed by atoms with Crippen molar-refractivity contribution in [1.82, 2.24) is 9.88 Å². The second-order valence-corrected chi connectivity index (χ2v) is 5.50. The molecule has 17 heavy (non-hydrogen) atoms. The molecule has 0 aliphatic carbocycles. The van der Waals surface area contributed by atoms with Gasteiger partial charge in [0.15, 0.2) is 0 Å². The van der Waals surface area contributed by atoms with E-state index in [1.54, 1.807) is 0 Å². The Labute approximate surface area is 112 Å². The molecule has 0 unspecified atom stereocenters. The van der Waals surface area contributed by atoms with E-state index in [9.17, 15) is 0 Å². The average molecular weight is 298 g/mol. The fraction of sp³-hybridized carbons (Fsp3) is 0.615. The minimum Gasteiger partial charge on any atom is -0.369 e. The van der Waals surface area contributed by atoms with E-state index >= 15 is 0 Å². The van der Waals surface area contributed by atoms with E-state index in [4.69, 9.17) is 0 Å². The van der Waals surface area contributed by atoms with Gasteiger partial charge in [0.1, 0.15) is 5.82 Å². The lowest BCUT2D eigenvalue weighted by molar-refractivity contribution is 0.237. The molecule has 0 bridgehead atoms. The number of aryl methyl sites for hydroxylation is 1. The van der Waals surface area contributed by atoms with Crippen LogP contribution in [-0.2, 0) is 0 Å². The Morgan fingerprint density at radius 1 is 1.35 bits per heavy atom. The number of rotatable bonds is 4. The Kier molecular flexibility index (Phi) is 4.80. The molecule has 4 heteroatoms. The summed E-state index contributed by atoms with van der Waals surface area (Å²) in [7, 11) is 0. The molecule has 3 nitrogen and oxygen atoms in total. The molecule has 0 aromatic carbocycles. The first-order chi connectivity index (χ1) is 8.25. The van der Waals surface area contributed by atoms with E-state index in [-0.39, 0.29) is 0 Å². The first kappa shape index (κ1) is 12.8. The number of aromatic nitrogens is 1. The van der Waals surface area contributed by atoms with Gasteiger partial charge in [-0.25, -0.2) is 4.98 Å². The number of pyridine rings is 1. The zero-order valence-corrected chi connectivity index (χ0v) is 12.0. The first-order valence-electron chi connectivity index (χ1n) is 6.34. The molecule has 0 amide bonds. The fourth-order valence-corrected chi connectivity index (χ4v) is 2.38. The second kappa shape index (κ2) is 6.36. The summed E-state index contributed by atoms with van der Waals surface area (Å²) in [6.45, 7) is 6.70. The summed E-state index contributed by atoms with van der Waals surface area (Å²) >= 11 is 3.46. The first-order valence-corrected chi connectivity index (χ1v) is 7.13. The molecule has 1 aromatic rings. The van der Waals surface area contributed by atoms with Gasteiger partial charge in [-0.3, -0.25) is 0 Å². The van der Waals surface area contributed by atoms with Crippen LogP contribution in [0.3, 0.4) is 0 Å². The third-order valence-corrected chi connectivity index (χ3v) is 4.06. The van der Waals surface area contributed by atoms with Gasteiger partial charge >= 0.3 is 0 Å². The Morgan fingerprint density at radius 2 is 2.12 bits per heavy atom. The highest BCUT2D eigenvalue weighted by molar-refractivity contribution is 9.10. The molecule has 1 aliphatic heterocycles. The molecular weight excluding hydrogens is 278 g/mol. The van der Waals surface area contributed by atoms with Gasteiger partial charge < -0.3 is 10.2 Å². The summed E-state index contributed by atoms with van der Waals surface area (Å²) in [4.78, 5) is 6.88. The molecule has 0 spiro atoms. The lowest BCUT2D eigenvalue weighted by atomic mass is 10.1. The number of hydrogen-bond donors (Lipinski definition) is 1. The quantitative estimate of drug-likeness (QED) is 0.926. The highest BCUT2D eigenvalue weighted by Gasteiger charge is 2.09. The van der Waals surface area contributed by atoms with Gasteiger partial charge in [0.05, 0.1) is 0 Å². The van der Waals surface area contributed by atoms with Crippen LogP contribution < -0.4 is 5.32 Å². The molecule has 1 aromatic heterocycles. The van der Waals surface area contributed by atoms with Crippen LogP contribution in [0.4, 0.5) is 5.82 Å². The third-order valence-electron chi connectivity index (χ3n) is 3.23. The van der Waals surface area contributed by atoms with Crippen molar-refractivity contribution in [3.63, 3.8) is 0 Å². The molecule has 94 valence electrons. The maximum Gasteiger partial charge on any atom is 0.126 e. The average Bonchev–Trinajstić information content (AvgIpc) is 2.35. The summed E-state index contributed by atoms with van der Waals surface area (Å²) < 4.78 is 1.07. The standard InChI is InChI=1S/C13H20BrN3/c1-11-9-13(16-10-12(11)14)15-5-8-17-6-3-2-4-7-17/h9-10H,2-8H2,1H3,(H,15,16). The number of nitrogens with one attached hydrogen (secondary N) is 1. The molecule has 0 saturated carbocycles. The Bertz CT molecular complexity index is 362. The number of halogens is 1. The zero-order valence-electron chi connectivity index (χ0n) is 10.4. The molecule has 1 aliphatic rings. The van der Waals surface area contributed by atoms with Crippen LogP contribution in [0.15, 0.2) is 16.7 Å². The van der Waals surface area contributed by atoms with Crippen LogP contribution >= 0.6 is 15.9 Å². The summed E-state index contributed by atoms with van der Waals surface area (Å²) in [5.41, 5.74) is 1.22. The van der Waals surface area contributed by atoms with Crippen LogP contribution in [0.5, 0.6) is 0 Å². The van der Waals surface area contributed by atoms with Crippen LogP contribution in [0.25, 0.3) is 0 Å². The normalized spacial score (nSPS) is 17.1. The molecule has 1 N–H and O–H groups in total. The number of hydrogen-bond acceptors (Lipinski definition) is 3. The van der Waals surface area contributed by atoms with E-state index < -0.39 is 0 Å². The zero-order chi connectivity index (χ0) is 12.1. The van der Waals surface area contributed by atoms with E-state index in [1.807, 2.05) is 6.20 Å². The van der Waals surface area contributed by atoms with Crippen LogP contribution in [0.2, 0.25) is 0 Å². The van der Waals surface area contributed by atoms with Crippen LogP contribution in [0.1, 0.15) is 24.8 Å². The number of likely N-dealkylation sites (tertiary alicyclic amines) is 1. The summed E-state index contributed by atoms with van der Waals surface area (Å²) in [5, 5.41) is 3.39. The highest BCUT2D eigenvalue weighted by atomic mass is 79.9. The van der Waals surface area contributed by atoms with Gasteiger partial charge in [-0.1, -0.05) is 6.42 Å². The largest absolute Gasteiger partial charge is 0.369 e. The third kappa shape index (κ3) is 3.96. The fourth-order valence-electron chi connectivity index (χ4n) is 2.16. The monoisotopic (exact) mass is 297 g/mol. The number of nitrogens with zero attached hydrogens (tertiary/aromatic N) is 2. The molecule has 1 saturated heterocycles. The van der Waals surface area contributed by atoms with Crippen molar-refractivity contribution in [1.29, 1.82) is 0 Å². The lowest BCUT2D eigenvalue weighted by Crippen LogP contribution is -2.33. The molecule has 0 atom stereocenters. The van der Waals surface area contributed by atoms with Crippen molar-refractivity contribution in [2.24, 2.45) is 0 Å². The topological polar surface area (TPSA) is 28.2 Å². The smallest absolute Gasteiger partial charge is 0.126 e. The maximum atomic E-state index is 4.35. The summed E-state index contributed by atoms with van der Waals surface area (Å²) in [6.07, 6.45) is 5.97. The molecular formula is C13H20BrN3. The Hall–Kier alpha value is -0.610. The Morgan fingerprint density at radius 3 is 2.82 bits per heavy atom. The van der Waals surface area contributed by atoms with E-state index in [0.717, 1.165) is 23.4 Å². The molecule has 2 rings (SSSR count). The van der Waals surface area contributed by atoms with Gasteiger partial charge in [0, 0.05) is 23.8 Å². The second-order valence-electron chi connectivity index (χ2n) is 4.65. The molecule has 2 heterocycles. The predicted octanol–water partition coefficient (Wildman–Crippen LogP) is 3.05. The van der Waals surface area contributed by atoms with Gasteiger partial charge in [0.25, 0.3) is 0 Å². The van der Waals surface area contributed by atoms with Gasteiger partial charge in [-0.2, -0.15) is 0 Å².